The van der Waals surface area contributed by atoms with E-state index in [-0.39, 0.29) is 5.60 Å². The lowest BCUT2D eigenvalue weighted by molar-refractivity contribution is -0.0923. The van der Waals surface area contributed by atoms with E-state index in [0.29, 0.717) is 0 Å². The van der Waals surface area contributed by atoms with Crippen LogP contribution >= 0.6 is 11.8 Å². The highest BCUT2D eigenvalue weighted by molar-refractivity contribution is 7.99. The van der Waals surface area contributed by atoms with E-state index in [4.69, 9.17) is 4.74 Å². The van der Waals surface area contributed by atoms with Crippen molar-refractivity contribution in [2.75, 3.05) is 25.2 Å². The second-order valence-electron chi connectivity index (χ2n) is 6.50. The van der Waals surface area contributed by atoms with Gasteiger partial charge in [0.15, 0.2) is 0 Å². The zero-order valence-corrected chi connectivity index (χ0v) is 12.4. The first-order valence-electron chi connectivity index (χ1n) is 7.70. The van der Waals surface area contributed by atoms with Crippen molar-refractivity contribution in [2.45, 2.75) is 56.6 Å². The highest BCUT2D eigenvalue weighted by Crippen LogP contribution is 2.45. The van der Waals surface area contributed by atoms with Gasteiger partial charge in [0.2, 0.25) is 0 Å². The first-order valence-corrected chi connectivity index (χ1v) is 8.86. The molecule has 0 aromatic carbocycles. The van der Waals surface area contributed by atoms with Gasteiger partial charge < -0.3 is 10.1 Å². The number of hydrogen-bond donors (Lipinski definition) is 1. The van der Waals surface area contributed by atoms with E-state index in [0.717, 1.165) is 24.5 Å². The molecule has 1 spiro atoms. The van der Waals surface area contributed by atoms with Gasteiger partial charge in [0.25, 0.3) is 0 Å². The highest BCUT2D eigenvalue weighted by Gasteiger charge is 2.42. The first-order chi connectivity index (χ1) is 8.81. The summed E-state index contributed by atoms with van der Waals surface area (Å²) in [5, 5.41) is 3.50. The maximum atomic E-state index is 6.16. The smallest absolute Gasteiger partial charge is 0.0783 e. The molecule has 0 bridgehead atoms. The van der Waals surface area contributed by atoms with Crippen molar-refractivity contribution in [3.05, 3.63) is 0 Å². The molecule has 0 amide bonds. The topological polar surface area (TPSA) is 21.3 Å². The summed E-state index contributed by atoms with van der Waals surface area (Å²) in [5.74, 6) is 4.47. The monoisotopic (exact) mass is 269 g/mol. The number of thioether (sulfide) groups is 1. The molecule has 2 nitrogen and oxygen atoms in total. The van der Waals surface area contributed by atoms with Crippen molar-refractivity contribution < 1.29 is 4.74 Å². The van der Waals surface area contributed by atoms with Gasteiger partial charge in [-0.15, -0.1) is 0 Å². The molecule has 104 valence electrons. The van der Waals surface area contributed by atoms with E-state index < -0.39 is 0 Å². The number of hydrogen-bond acceptors (Lipinski definition) is 3. The van der Waals surface area contributed by atoms with Gasteiger partial charge in [-0.05, 0) is 56.7 Å². The molecule has 2 saturated heterocycles. The fourth-order valence-corrected chi connectivity index (χ4v) is 5.63. The summed E-state index contributed by atoms with van der Waals surface area (Å²) in [6.07, 6.45) is 9.65. The predicted molar refractivity (Wildman–Crippen MR) is 78.2 cm³/mol. The lowest BCUT2D eigenvalue weighted by Gasteiger charge is -2.43. The fraction of sp³-hybridized carbons (Fsp3) is 1.00. The number of ether oxygens (including phenoxy) is 1. The average Bonchev–Trinajstić information content (AvgIpc) is 2.87. The van der Waals surface area contributed by atoms with E-state index >= 15 is 0 Å². The maximum absolute atomic E-state index is 6.16. The Morgan fingerprint density at radius 2 is 2.17 bits per heavy atom. The Kier molecular flexibility index (Phi) is 4.21. The summed E-state index contributed by atoms with van der Waals surface area (Å²) in [5.41, 5.74) is 0.278. The minimum absolute atomic E-state index is 0.278. The Bertz CT molecular complexity index is 278. The van der Waals surface area contributed by atoms with Gasteiger partial charge in [-0.25, -0.2) is 0 Å². The third-order valence-electron chi connectivity index (χ3n) is 5.39. The number of rotatable bonds is 2. The van der Waals surface area contributed by atoms with Crippen LogP contribution in [0.4, 0.5) is 0 Å². The molecular formula is C15H27NOS. The molecular weight excluding hydrogens is 242 g/mol. The third kappa shape index (κ3) is 2.73. The molecule has 2 heterocycles. The molecule has 4 unspecified atom stereocenters. The van der Waals surface area contributed by atoms with E-state index in [1.54, 1.807) is 0 Å². The molecule has 1 saturated carbocycles. The molecule has 1 N–H and O–H groups in total. The molecule has 4 atom stereocenters. The van der Waals surface area contributed by atoms with Crippen LogP contribution in [0.15, 0.2) is 0 Å². The summed E-state index contributed by atoms with van der Waals surface area (Å²) in [6.45, 7) is 1.02. The molecule has 18 heavy (non-hydrogen) atoms. The molecule has 0 radical (unpaired) electrons. The van der Waals surface area contributed by atoms with Crippen molar-refractivity contribution in [1.29, 1.82) is 0 Å². The van der Waals surface area contributed by atoms with Gasteiger partial charge in [0, 0.05) is 18.4 Å². The third-order valence-corrected chi connectivity index (χ3v) is 6.61. The Hall–Kier alpha value is 0.270. The summed E-state index contributed by atoms with van der Waals surface area (Å²) in [6, 6.07) is 0.778. The summed E-state index contributed by atoms with van der Waals surface area (Å²) < 4.78 is 6.16. The SMILES string of the molecule is CNC1CCCC(C2CCOC3(CCSC3)C2)C1. The molecule has 3 fully saturated rings. The second kappa shape index (κ2) is 5.72. The summed E-state index contributed by atoms with van der Waals surface area (Å²) in [4.78, 5) is 0. The Morgan fingerprint density at radius 3 is 2.94 bits per heavy atom. The van der Waals surface area contributed by atoms with Crippen molar-refractivity contribution >= 4 is 11.8 Å². The quantitative estimate of drug-likeness (QED) is 0.832. The van der Waals surface area contributed by atoms with Crippen LogP contribution in [0.1, 0.15) is 44.9 Å². The van der Waals surface area contributed by atoms with Gasteiger partial charge >= 0.3 is 0 Å². The van der Waals surface area contributed by atoms with Crippen molar-refractivity contribution in [3.8, 4) is 0 Å². The van der Waals surface area contributed by atoms with Crippen molar-refractivity contribution in [2.24, 2.45) is 11.8 Å². The van der Waals surface area contributed by atoms with Crippen LogP contribution in [-0.4, -0.2) is 36.8 Å². The summed E-state index contributed by atoms with van der Waals surface area (Å²) >= 11 is 2.10. The van der Waals surface area contributed by atoms with E-state index in [2.05, 4.69) is 24.1 Å². The van der Waals surface area contributed by atoms with Gasteiger partial charge in [-0.2, -0.15) is 11.8 Å². The van der Waals surface area contributed by atoms with Gasteiger partial charge in [0.05, 0.1) is 5.60 Å². The molecule has 3 rings (SSSR count). The molecule has 0 aromatic rings. The van der Waals surface area contributed by atoms with E-state index in [1.807, 2.05) is 0 Å². The lowest BCUT2D eigenvalue weighted by atomic mass is 9.71. The molecule has 2 aliphatic heterocycles. The van der Waals surface area contributed by atoms with Crippen LogP contribution in [0.5, 0.6) is 0 Å². The zero-order valence-electron chi connectivity index (χ0n) is 11.6. The minimum Gasteiger partial charge on any atom is -0.374 e. The van der Waals surface area contributed by atoms with E-state index in [1.165, 1.54) is 56.5 Å². The van der Waals surface area contributed by atoms with Crippen LogP contribution in [0.3, 0.4) is 0 Å². The Balaban J connectivity index is 1.61. The van der Waals surface area contributed by atoms with Gasteiger partial charge in [-0.1, -0.05) is 12.8 Å². The zero-order chi connectivity index (χ0) is 12.4. The highest BCUT2D eigenvalue weighted by atomic mass is 32.2. The Labute approximate surface area is 116 Å². The Morgan fingerprint density at radius 1 is 1.22 bits per heavy atom. The van der Waals surface area contributed by atoms with Crippen LogP contribution in [0.2, 0.25) is 0 Å². The largest absolute Gasteiger partial charge is 0.374 e. The maximum Gasteiger partial charge on any atom is 0.0783 e. The van der Waals surface area contributed by atoms with E-state index in [9.17, 15) is 0 Å². The molecule has 3 heteroatoms. The van der Waals surface area contributed by atoms with Crippen LogP contribution in [0, 0.1) is 11.8 Å². The normalized spacial score (nSPS) is 45.5. The van der Waals surface area contributed by atoms with Gasteiger partial charge in [-0.3, -0.25) is 0 Å². The second-order valence-corrected chi connectivity index (χ2v) is 7.60. The molecule has 0 aromatic heterocycles. The first kappa shape index (κ1) is 13.3. The minimum atomic E-state index is 0.278. The van der Waals surface area contributed by atoms with Crippen molar-refractivity contribution in [3.63, 3.8) is 0 Å². The molecule has 3 aliphatic rings. The summed E-state index contributed by atoms with van der Waals surface area (Å²) in [7, 11) is 2.13. The predicted octanol–water partition coefficient (Wildman–Crippen LogP) is 3.07. The van der Waals surface area contributed by atoms with Gasteiger partial charge in [0.1, 0.15) is 0 Å². The van der Waals surface area contributed by atoms with Crippen LogP contribution in [-0.2, 0) is 4.74 Å². The fourth-order valence-electron chi connectivity index (χ4n) is 4.25. The van der Waals surface area contributed by atoms with Crippen LogP contribution < -0.4 is 5.32 Å². The molecule has 1 aliphatic carbocycles. The number of nitrogens with one attached hydrogen (secondary N) is 1. The van der Waals surface area contributed by atoms with Crippen LogP contribution in [0.25, 0.3) is 0 Å². The van der Waals surface area contributed by atoms with Crippen molar-refractivity contribution in [1.82, 2.24) is 5.32 Å². The standard InChI is InChI=1S/C15H27NOS/c1-16-14-4-2-3-12(9-14)13-5-7-17-15(10-13)6-8-18-11-15/h12-14,16H,2-11H2,1H3. The average molecular weight is 269 g/mol. The lowest BCUT2D eigenvalue weighted by Crippen LogP contribution is -2.43.